The minimum Gasteiger partial charge on any atom is -0.375 e. The van der Waals surface area contributed by atoms with Crippen LogP contribution in [-0.2, 0) is 4.74 Å². The van der Waals surface area contributed by atoms with Gasteiger partial charge in [0.15, 0.2) is 0 Å². The van der Waals surface area contributed by atoms with Crippen LogP contribution in [0.5, 0.6) is 0 Å². The monoisotopic (exact) mass is 372 g/mol. The third-order valence-corrected chi connectivity index (χ3v) is 6.11. The van der Waals surface area contributed by atoms with Crippen molar-refractivity contribution < 1.29 is 9.13 Å². The van der Waals surface area contributed by atoms with E-state index in [2.05, 4.69) is 21.7 Å². The lowest BCUT2D eigenvalue weighted by Gasteiger charge is -2.41. The van der Waals surface area contributed by atoms with Crippen LogP contribution >= 0.6 is 0 Å². The molecular formula is C20H41FN4O. The van der Waals surface area contributed by atoms with Gasteiger partial charge in [0.2, 0.25) is 0 Å². The lowest BCUT2D eigenvalue weighted by molar-refractivity contribution is -0.0790. The molecule has 3 aliphatic rings. The van der Waals surface area contributed by atoms with Crippen LogP contribution < -0.4 is 5.73 Å². The highest BCUT2D eigenvalue weighted by atomic mass is 19.1. The molecule has 0 unspecified atom stereocenters. The van der Waals surface area contributed by atoms with E-state index in [9.17, 15) is 0 Å². The van der Waals surface area contributed by atoms with Crippen LogP contribution in [0.4, 0.5) is 4.39 Å². The van der Waals surface area contributed by atoms with E-state index >= 15 is 4.39 Å². The molecule has 5 nitrogen and oxygen atoms in total. The molecule has 6 heteroatoms. The Morgan fingerprint density at radius 1 is 0.885 bits per heavy atom. The average Bonchev–Trinajstić information content (AvgIpc) is 2.68. The molecule has 1 aliphatic carbocycles. The van der Waals surface area contributed by atoms with E-state index < -0.39 is 5.67 Å². The zero-order valence-corrected chi connectivity index (χ0v) is 17.3. The first-order chi connectivity index (χ1) is 12.6. The molecule has 2 saturated heterocycles. The summed E-state index contributed by atoms with van der Waals surface area (Å²) >= 11 is 0. The molecule has 0 spiro atoms. The molecule has 0 radical (unpaired) electrons. The number of likely N-dealkylation sites (tertiary alicyclic amines) is 1. The van der Waals surface area contributed by atoms with Crippen molar-refractivity contribution in [2.45, 2.75) is 70.2 Å². The molecule has 3 rings (SSSR count). The predicted octanol–water partition coefficient (Wildman–Crippen LogP) is 2.31. The fourth-order valence-electron chi connectivity index (χ4n) is 4.33. The van der Waals surface area contributed by atoms with E-state index in [4.69, 9.17) is 10.5 Å². The zero-order valence-electron chi connectivity index (χ0n) is 17.3. The van der Waals surface area contributed by atoms with Crippen LogP contribution in [0.2, 0.25) is 0 Å². The second-order valence-corrected chi connectivity index (χ2v) is 8.07. The summed E-state index contributed by atoms with van der Waals surface area (Å²) in [4.78, 5) is 6.87. The predicted molar refractivity (Wildman–Crippen MR) is 106 cm³/mol. The second-order valence-electron chi connectivity index (χ2n) is 8.07. The van der Waals surface area contributed by atoms with Crippen LogP contribution in [0.25, 0.3) is 0 Å². The van der Waals surface area contributed by atoms with Gasteiger partial charge >= 0.3 is 0 Å². The maximum absolute atomic E-state index is 15.2. The smallest absolute Gasteiger partial charge is 0.123 e. The van der Waals surface area contributed by atoms with E-state index in [1.165, 1.54) is 0 Å². The fraction of sp³-hybridized carbons (Fsp3) is 1.00. The van der Waals surface area contributed by atoms with Gasteiger partial charge in [-0.3, -0.25) is 9.80 Å². The van der Waals surface area contributed by atoms with Crippen LogP contribution in [-0.4, -0.2) is 92.1 Å². The van der Waals surface area contributed by atoms with Crippen LogP contribution in [0.15, 0.2) is 0 Å². The van der Waals surface area contributed by atoms with E-state index in [-0.39, 0.29) is 6.10 Å². The number of alkyl halides is 1. The molecule has 0 amide bonds. The van der Waals surface area contributed by atoms with Crippen LogP contribution in [0.3, 0.4) is 0 Å². The summed E-state index contributed by atoms with van der Waals surface area (Å²) < 4.78 is 21.5. The SMILES string of the molecule is CC.CN1CCC(OC2CCC(F)(CN3CCN(CN)CC3)CC2)CC1. The summed E-state index contributed by atoms with van der Waals surface area (Å²) in [5, 5.41) is 0. The Hall–Kier alpha value is -0.270. The van der Waals surface area contributed by atoms with E-state index in [1.54, 1.807) is 0 Å². The summed E-state index contributed by atoms with van der Waals surface area (Å²) in [6, 6.07) is 0. The van der Waals surface area contributed by atoms with Crippen molar-refractivity contribution in [1.82, 2.24) is 14.7 Å². The molecule has 0 atom stereocenters. The van der Waals surface area contributed by atoms with Gasteiger partial charge in [-0.25, -0.2) is 4.39 Å². The van der Waals surface area contributed by atoms with Crippen LogP contribution in [0.1, 0.15) is 52.4 Å². The van der Waals surface area contributed by atoms with Crippen molar-refractivity contribution in [2.75, 3.05) is 59.5 Å². The number of nitrogens with two attached hydrogens (primary N) is 1. The number of hydrogen-bond donors (Lipinski definition) is 1. The zero-order chi connectivity index (χ0) is 19.0. The minimum atomic E-state index is -1.02. The normalized spacial score (nSPS) is 32.9. The molecule has 26 heavy (non-hydrogen) atoms. The molecule has 2 aliphatic heterocycles. The number of piperazine rings is 1. The first-order valence-electron chi connectivity index (χ1n) is 10.7. The van der Waals surface area contributed by atoms with Gasteiger partial charge in [0.1, 0.15) is 5.67 Å². The van der Waals surface area contributed by atoms with Gasteiger partial charge in [0.05, 0.1) is 12.2 Å². The Morgan fingerprint density at radius 2 is 1.38 bits per heavy atom. The summed E-state index contributed by atoms with van der Waals surface area (Å²) in [5.41, 5.74) is 4.66. The first-order valence-corrected chi connectivity index (χ1v) is 10.7. The lowest BCUT2D eigenvalue weighted by atomic mass is 9.84. The molecule has 154 valence electrons. The highest BCUT2D eigenvalue weighted by Crippen LogP contribution is 2.35. The second kappa shape index (κ2) is 10.9. The first kappa shape index (κ1) is 22.0. The Morgan fingerprint density at radius 3 is 1.92 bits per heavy atom. The Kier molecular flexibility index (Phi) is 9.24. The fourth-order valence-corrected chi connectivity index (χ4v) is 4.33. The molecule has 2 N–H and O–H groups in total. The average molecular weight is 373 g/mol. The standard InChI is InChI=1S/C18H35FN4O.C2H6/c1-21-8-4-17(5-9-21)24-16-2-6-18(19,7-3-16)14-22-10-12-23(15-20)13-11-22;1-2/h16-17H,2-15,20H2,1H3;1-2H3. The molecule has 2 heterocycles. The van der Waals surface area contributed by atoms with E-state index in [0.717, 1.165) is 65.0 Å². The van der Waals surface area contributed by atoms with Crippen molar-refractivity contribution in [2.24, 2.45) is 5.73 Å². The summed E-state index contributed by atoms with van der Waals surface area (Å²) in [7, 11) is 2.17. The quantitative estimate of drug-likeness (QED) is 0.802. The van der Waals surface area contributed by atoms with E-state index in [0.29, 0.717) is 32.2 Å². The maximum Gasteiger partial charge on any atom is 0.123 e. The van der Waals surface area contributed by atoms with Gasteiger partial charge in [0.25, 0.3) is 0 Å². The van der Waals surface area contributed by atoms with Crippen molar-refractivity contribution in [3.05, 3.63) is 0 Å². The molecule has 3 fully saturated rings. The van der Waals surface area contributed by atoms with Crippen molar-refractivity contribution in [1.29, 1.82) is 0 Å². The third-order valence-electron chi connectivity index (χ3n) is 6.11. The Balaban J connectivity index is 0.00000117. The molecule has 0 aromatic carbocycles. The number of rotatable bonds is 5. The third kappa shape index (κ3) is 6.71. The van der Waals surface area contributed by atoms with Gasteiger partial charge in [-0.2, -0.15) is 0 Å². The molecular weight excluding hydrogens is 331 g/mol. The van der Waals surface area contributed by atoms with Gasteiger partial charge in [0, 0.05) is 52.5 Å². The Bertz CT molecular complexity index is 374. The minimum absolute atomic E-state index is 0.274. The highest BCUT2D eigenvalue weighted by molar-refractivity contribution is 4.91. The van der Waals surface area contributed by atoms with Crippen molar-refractivity contribution >= 4 is 0 Å². The number of piperidine rings is 1. The molecule has 1 saturated carbocycles. The van der Waals surface area contributed by atoms with Crippen molar-refractivity contribution in [3.8, 4) is 0 Å². The van der Waals surface area contributed by atoms with Gasteiger partial charge in [-0.15, -0.1) is 0 Å². The van der Waals surface area contributed by atoms with Gasteiger partial charge in [-0.05, 0) is 45.6 Å². The van der Waals surface area contributed by atoms with Gasteiger partial charge < -0.3 is 15.4 Å². The maximum atomic E-state index is 15.2. The highest BCUT2D eigenvalue weighted by Gasteiger charge is 2.38. The van der Waals surface area contributed by atoms with Crippen LogP contribution in [0, 0.1) is 0 Å². The summed E-state index contributed by atoms with van der Waals surface area (Å²) in [6.07, 6.45) is 5.98. The van der Waals surface area contributed by atoms with Gasteiger partial charge in [-0.1, -0.05) is 13.8 Å². The number of ether oxygens (including phenoxy) is 1. The Labute approximate surface area is 160 Å². The number of halogens is 1. The molecule has 0 aromatic heterocycles. The van der Waals surface area contributed by atoms with Crippen molar-refractivity contribution in [3.63, 3.8) is 0 Å². The lowest BCUT2D eigenvalue weighted by Crippen LogP contribution is -2.52. The summed E-state index contributed by atoms with van der Waals surface area (Å²) in [5.74, 6) is 0. The molecule has 0 bridgehead atoms. The summed E-state index contributed by atoms with van der Waals surface area (Å²) in [6.45, 7) is 11.3. The number of hydrogen-bond acceptors (Lipinski definition) is 5. The number of nitrogens with zero attached hydrogens (tertiary/aromatic N) is 3. The topological polar surface area (TPSA) is 45.0 Å². The van der Waals surface area contributed by atoms with E-state index in [1.807, 2.05) is 13.8 Å². The molecule has 0 aromatic rings. The largest absolute Gasteiger partial charge is 0.375 e.